The van der Waals surface area contributed by atoms with Crippen LogP contribution in [0, 0.1) is 5.82 Å². The molecular formula is C22H27FN4O. The summed E-state index contributed by atoms with van der Waals surface area (Å²) in [5, 5.41) is 6.33. The molecule has 2 heterocycles. The maximum Gasteiger partial charge on any atom is 0.241 e. The maximum atomic E-state index is 13.3. The molecule has 0 radical (unpaired) electrons. The molecule has 0 aliphatic carbocycles. The van der Waals surface area contributed by atoms with Crippen molar-refractivity contribution in [2.24, 2.45) is 0 Å². The summed E-state index contributed by atoms with van der Waals surface area (Å²) >= 11 is 0. The minimum absolute atomic E-state index is 0.0934. The minimum Gasteiger partial charge on any atom is -0.384 e. The quantitative estimate of drug-likeness (QED) is 0.835. The van der Waals surface area contributed by atoms with Crippen molar-refractivity contribution in [1.82, 2.24) is 9.80 Å². The van der Waals surface area contributed by atoms with Gasteiger partial charge in [-0.15, -0.1) is 0 Å². The number of amides is 1. The predicted molar refractivity (Wildman–Crippen MR) is 110 cm³/mol. The maximum absolute atomic E-state index is 13.3. The lowest BCUT2D eigenvalue weighted by Crippen LogP contribution is -2.52. The van der Waals surface area contributed by atoms with Crippen molar-refractivity contribution in [2.45, 2.75) is 25.9 Å². The smallest absolute Gasteiger partial charge is 0.241 e. The summed E-state index contributed by atoms with van der Waals surface area (Å²) in [6.45, 7) is 7.44. The van der Waals surface area contributed by atoms with Gasteiger partial charge in [0.05, 0.1) is 6.04 Å². The molecule has 2 aliphatic heterocycles. The van der Waals surface area contributed by atoms with Crippen molar-refractivity contribution in [3.63, 3.8) is 0 Å². The number of nitrogens with zero attached hydrogens (tertiary/aromatic N) is 2. The first-order valence-electron chi connectivity index (χ1n) is 9.97. The van der Waals surface area contributed by atoms with Gasteiger partial charge in [-0.05, 0) is 42.7 Å². The number of halogens is 1. The number of nitrogens with one attached hydrogen (secondary N) is 2. The summed E-state index contributed by atoms with van der Waals surface area (Å²) < 4.78 is 13.3. The Bertz CT molecular complexity index is 848. The van der Waals surface area contributed by atoms with Crippen molar-refractivity contribution in [2.75, 3.05) is 43.4 Å². The monoisotopic (exact) mass is 382 g/mol. The molecule has 28 heavy (non-hydrogen) atoms. The number of benzene rings is 2. The summed E-state index contributed by atoms with van der Waals surface area (Å²) in [4.78, 5) is 17.2. The van der Waals surface area contributed by atoms with E-state index < -0.39 is 0 Å². The van der Waals surface area contributed by atoms with Crippen molar-refractivity contribution in [3.05, 3.63) is 59.4 Å². The highest BCUT2D eigenvalue weighted by atomic mass is 19.1. The van der Waals surface area contributed by atoms with Gasteiger partial charge < -0.3 is 10.6 Å². The molecule has 2 aliphatic rings. The number of anilines is 2. The van der Waals surface area contributed by atoms with Crippen molar-refractivity contribution >= 4 is 17.3 Å². The molecule has 4 rings (SSSR count). The first kappa shape index (κ1) is 18.9. The van der Waals surface area contributed by atoms with Gasteiger partial charge in [0.15, 0.2) is 0 Å². The molecule has 148 valence electrons. The molecule has 2 aromatic carbocycles. The second-order valence-corrected chi connectivity index (χ2v) is 7.62. The zero-order valence-corrected chi connectivity index (χ0v) is 16.2. The molecule has 2 aromatic rings. The van der Waals surface area contributed by atoms with E-state index in [0.29, 0.717) is 5.69 Å². The van der Waals surface area contributed by atoms with Crippen LogP contribution in [0.4, 0.5) is 15.8 Å². The predicted octanol–water partition coefficient (Wildman–Crippen LogP) is 2.94. The van der Waals surface area contributed by atoms with Gasteiger partial charge in [-0.2, -0.15) is 0 Å². The summed E-state index contributed by atoms with van der Waals surface area (Å²) in [7, 11) is 0. The van der Waals surface area contributed by atoms with Crippen LogP contribution in [0.3, 0.4) is 0 Å². The zero-order valence-electron chi connectivity index (χ0n) is 16.2. The Morgan fingerprint density at radius 2 is 1.96 bits per heavy atom. The Balaban J connectivity index is 1.30. The van der Waals surface area contributed by atoms with Crippen LogP contribution in [0.25, 0.3) is 0 Å². The van der Waals surface area contributed by atoms with Crippen LogP contribution in [0.2, 0.25) is 0 Å². The van der Waals surface area contributed by atoms with Gasteiger partial charge in [0.25, 0.3) is 0 Å². The van der Waals surface area contributed by atoms with Crippen LogP contribution in [0.5, 0.6) is 0 Å². The van der Waals surface area contributed by atoms with Crippen molar-refractivity contribution in [1.29, 1.82) is 0 Å². The summed E-state index contributed by atoms with van der Waals surface area (Å²) in [6.07, 6.45) is 1.11. The van der Waals surface area contributed by atoms with Gasteiger partial charge in [-0.1, -0.05) is 24.3 Å². The average Bonchev–Trinajstić information content (AvgIpc) is 3.18. The number of para-hydroxylation sites is 1. The lowest BCUT2D eigenvalue weighted by Gasteiger charge is -2.37. The van der Waals surface area contributed by atoms with Crippen LogP contribution in [-0.2, 0) is 17.8 Å². The fourth-order valence-corrected chi connectivity index (χ4v) is 4.07. The number of hydrogen-bond acceptors (Lipinski definition) is 4. The minimum atomic E-state index is -0.346. The van der Waals surface area contributed by atoms with E-state index >= 15 is 0 Å². The molecule has 1 unspecified atom stereocenters. The second kappa shape index (κ2) is 8.29. The molecule has 5 nitrogen and oxygen atoms in total. The number of carbonyl (C=O) groups excluding carboxylic acids is 1. The van der Waals surface area contributed by atoms with Gasteiger partial charge in [0, 0.05) is 50.6 Å². The molecule has 0 saturated carbocycles. The molecule has 1 fully saturated rings. The van der Waals surface area contributed by atoms with Gasteiger partial charge in [0.2, 0.25) is 5.91 Å². The number of rotatable bonds is 5. The Morgan fingerprint density at radius 1 is 1.18 bits per heavy atom. The SMILES string of the molecule is CC(C(=O)Nc1cccc(F)c1)N1CCN(Cc2cccc3c2NCC3)CC1. The highest BCUT2D eigenvalue weighted by molar-refractivity contribution is 5.94. The fourth-order valence-electron chi connectivity index (χ4n) is 4.07. The molecule has 2 N–H and O–H groups in total. The zero-order chi connectivity index (χ0) is 19.5. The third-order valence-corrected chi connectivity index (χ3v) is 5.75. The Morgan fingerprint density at radius 3 is 2.75 bits per heavy atom. The van der Waals surface area contributed by atoms with Crippen LogP contribution in [0.15, 0.2) is 42.5 Å². The van der Waals surface area contributed by atoms with Gasteiger partial charge in [-0.3, -0.25) is 14.6 Å². The number of carbonyl (C=O) groups is 1. The van der Waals surface area contributed by atoms with Crippen molar-refractivity contribution < 1.29 is 9.18 Å². The molecule has 1 atom stereocenters. The van der Waals surface area contributed by atoms with Crippen LogP contribution in [0.1, 0.15) is 18.1 Å². The van der Waals surface area contributed by atoms with E-state index in [0.717, 1.165) is 45.7 Å². The molecule has 0 bridgehead atoms. The van der Waals surface area contributed by atoms with E-state index in [9.17, 15) is 9.18 Å². The van der Waals surface area contributed by atoms with E-state index in [1.54, 1.807) is 12.1 Å². The third-order valence-electron chi connectivity index (χ3n) is 5.75. The highest BCUT2D eigenvalue weighted by Crippen LogP contribution is 2.27. The van der Waals surface area contributed by atoms with Gasteiger partial charge in [-0.25, -0.2) is 4.39 Å². The molecule has 1 saturated heterocycles. The summed E-state index contributed by atoms with van der Waals surface area (Å²) in [5.41, 5.74) is 4.59. The molecule has 0 spiro atoms. The largest absolute Gasteiger partial charge is 0.384 e. The van der Waals surface area contributed by atoms with E-state index in [4.69, 9.17) is 0 Å². The van der Waals surface area contributed by atoms with Gasteiger partial charge >= 0.3 is 0 Å². The van der Waals surface area contributed by atoms with Crippen molar-refractivity contribution in [3.8, 4) is 0 Å². The number of fused-ring (bicyclic) bond motifs is 1. The molecule has 6 heteroatoms. The normalized spacial score (nSPS) is 18.4. The summed E-state index contributed by atoms with van der Waals surface area (Å²) in [5.74, 6) is -0.440. The Labute approximate surface area is 165 Å². The van der Waals surface area contributed by atoms with Crippen LogP contribution >= 0.6 is 0 Å². The van der Waals surface area contributed by atoms with Crippen LogP contribution < -0.4 is 10.6 Å². The van der Waals surface area contributed by atoms with E-state index in [2.05, 4.69) is 38.6 Å². The number of piperazine rings is 1. The first-order chi connectivity index (χ1) is 13.6. The summed E-state index contributed by atoms with van der Waals surface area (Å²) in [6, 6.07) is 12.3. The third kappa shape index (κ3) is 4.18. The Hall–Kier alpha value is -2.44. The second-order valence-electron chi connectivity index (χ2n) is 7.62. The van der Waals surface area contributed by atoms with Crippen LogP contribution in [-0.4, -0.2) is 54.5 Å². The lowest BCUT2D eigenvalue weighted by atomic mass is 10.1. The lowest BCUT2D eigenvalue weighted by molar-refractivity contribution is -0.121. The fraction of sp³-hybridized carbons (Fsp3) is 0.409. The standard InChI is InChI=1S/C22H27FN4O/c1-16(22(28)25-20-7-3-6-19(23)14-20)27-12-10-26(11-13-27)15-18-5-2-4-17-8-9-24-21(17)18/h2-7,14,16,24H,8-13,15H2,1H3,(H,25,28). The Kier molecular flexibility index (Phi) is 5.59. The average molecular weight is 382 g/mol. The van der Waals surface area contributed by atoms with Gasteiger partial charge in [0.1, 0.15) is 5.82 Å². The molecule has 0 aromatic heterocycles. The van der Waals surface area contributed by atoms with E-state index in [-0.39, 0.29) is 17.8 Å². The highest BCUT2D eigenvalue weighted by Gasteiger charge is 2.26. The first-order valence-corrected chi connectivity index (χ1v) is 9.97. The topological polar surface area (TPSA) is 47.6 Å². The van der Waals surface area contributed by atoms with E-state index in [1.165, 1.54) is 28.9 Å². The molecule has 1 amide bonds. The molecular weight excluding hydrogens is 355 g/mol. The van der Waals surface area contributed by atoms with E-state index in [1.807, 2.05) is 6.92 Å². The number of hydrogen-bond donors (Lipinski definition) is 2.